The van der Waals surface area contributed by atoms with Crippen LogP contribution >= 0.6 is 11.8 Å². The fourth-order valence-corrected chi connectivity index (χ4v) is 6.86. The normalized spacial score (nSPS) is 21.1. The van der Waals surface area contributed by atoms with Crippen LogP contribution in [0.4, 0.5) is 4.39 Å². The summed E-state index contributed by atoms with van der Waals surface area (Å²) in [5, 5.41) is 3.23. The average Bonchev–Trinajstić information content (AvgIpc) is 3.43. The highest BCUT2D eigenvalue weighted by molar-refractivity contribution is 8.04. The van der Waals surface area contributed by atoms with Crippen molar-refractivity contribution < 1.29 is 23.5 Å². The van der Waals surface area contributed by atoms with Crippen molar-refractivity contribution in [2.24, 2.45) is 0 Å². The zero-order valence-electron chi connectivity index (χ0n) is 21.4. The van der Waals surface area contributed by atoms with Crippen LogP contribution in [0.25, 0.3) is 6.08 Å². The highest BCUT2D eigenvalue weighted by Gasteiger charge is 2.40. The molecule has 1 saturated heterocycles. The molecule has 2 atom stereocenters. The molecule has 6 rings (SSSR count). The maximum Gasteiger partial charge on any atom is 0.260 e. The lowest BCUT2D eigenvalue weighted by molar-refractivity contribution is -0.130. The third-order valence-electron chi connectivity index (χ3n) is 7.48. The number of rotatable bonds is 6. The summed E-state index contributed by atoms with van der Waals surface area (Å²) in [5.74, 6) is 0.863. The molecule has 2 heterocycles. The molecule has 39 heavy (non-hydrogen) atoms. The van der Waals surface area contributed by atoms with Crippen LogP contribution in [0.15, 0.2) is 71.6 Å². The minimum absolute atomic E-state index is 0.0584. The monoisotopic (exact) mass is 544 g/mol. The number of halogens is 1. The number of ether oxygens (including phenoxy) is 2. The second-order valence-corrected chi connectivity index (χ2v) is 11.3. The van der Waals surface area contributed by atoms with Gasteiger partial charge < -0.3 is 19.7 Å². The predicted octanol–water partition coefficient (Wildman–Crippen LogP) is 5.91. The second-order valence-electron chi connectivity index (χ2n) is 10.0. The predicted molar refractivity (Wildman–Crippen MR) is 149 cm³/mol. The smallest absolute Gasteiger partial charge is 0.260 e. The van der Waals surface area contributed by atoms with Crippen molar-refractivity contribution in [2.75, 3.05) is 6.79 Å². The van der Waals surface area contributed by atoms with Gasteiger partial charge in [0.2, 0.25) is 6.79 Å². The standard InChI is InChI=1S/C31H29FN2O4S/c32-24-6-2-1-5-23(24)18-34-25-7-3-4-8-28(25)39-29(31(34)36)16-20-9-12-22(13-10-20)30(35)33-17-21-11-14-26-27(15-21)38-19-37-26/h1-2,5-6,9-16,25,28H,3-4,7-8,17-19H2,(H,33,35)/b29-16-. The lowest BCUT2D eigenvalue weighted by atomic mass is 9.92. The number of nitrogens with one attached hydrogen (secondary N) is 1. The van der Waals surface area contributed by atoms with E-state index in [-0.39, 0.29) is 37.0 Å². The van der Waals surface area contributed by atoms with E-state index < -0.39 is 0 Å². The molecular weight excluding hydrogens is 515 g/mol. The Hall–Kier alpha value is -3.78. The summed E-state index contributed by atoms with van der Waals surface area (Å²) in [6, 6.07) is 19.6. The Kier molecular flexibility index (Phi) is 7.28. The first-order chi connectivity index (χ1) is 19.0. The number of nitrogens with zero attached hydrogens (tertiary/aromatic N) is 1. The lowest BCUT2D eigenvalue weighted by Gasteiger charge is -2.44. The van der Waals surface area contributed by atoms with Gasteiger partial charge in [-0.1, -0.05) is 49.2 Å². The number of hydrogen-bond acceptors (Lipinski definition) is 5. The van der Waals surface area contributed by atoms with E-state index in [0.717, 1.165) is 36.8 Å². The number of thioether (sulfide) groups is 1. The topological polar surface area (TPSA) is 67.9 Å². The van der Waals surface area contributed by atoms with E-state index in [9.17, 15) is 14.0 Å². The van der Waals surface area contributed by atoms with Crippen LogP contribution in [-0.2, 0) is 17.9 Å². The van der Waals surface area contributed by atoms with Gasteiger partial charge in [-0.3, -0.25) is 9.59 Å². The summed E-state index contributed by atoms with van der Waals surface area (Å²) in [7, 11) is 0. The molecule has 0 radical (unpaired) electrons. The first-order valence-electron chi connectivity index (χ1n) is 13.2. The Morgan fingerprint density at radius 2 is 1.82 bits per heavy atom. The molecule has 6 nitrogen and oxygen atoms in total. The molecule has 8 heteroatoms. The van der Waals surface area contributed by atoms with Crippen LogP contribution in [0.3, 0.4) is 0 Å². The molecule has 3 aliphatic rings. The zero-order valence-corrected chi connectivity index (χ0v) is 22.2. The first-order valence-corrected chi connectivity index (χ1v) is 14.1. The van der Waals surface area contributed by atoms with Crippen molar-refractivity contribution >= 4 is 29.7 Å². The summed E-state index contributed by atoms with van der Waals surface area (Å²) < 4.78 is 25.2. The van der Waals surface area contributed by atoms with E-state index in [0.29, 0.717) is 39.3 Å². The Morgan fingerprint density at radius 3 is 2.67 bits per heavy atom. The van der Waals surface area contributed by atoms with Gasteiger partial charge in [0.05, 0.1) is 4.91 Å². The Bertz CT molecular complexity index is 1420. The Labute approximate surface area is 231 Å². The molecule has 2 amide bonds. The molecule has 0 spiro atoms. The van der Waals surface area contributed by atoms with Gasteiger partial charge >= 0.3 is 0 Å². The largest absolute Gasteiger partial charge is 0.454 e. The molecule has 1 saturated carbocycles. The number of amides is 2. The minimum atomic E-state index is -0.284. The number of carbonyl (C=O) groups is 2. The summed E-state index contributed by atoms with van der Waals surface area (Å²) in [6.45, 7) is 0.850. The van der Waals surface area contributed by atoms with E-state index in [1.165, 1.54) is 6.07 Å². The molecule has 0 bridgehead atoms. The third-order valence-corrected chi connectivity index (χ3v) is 8.88. The highest BCUT2D eigenvalue weighted by Crippen LogP contribution is 2.43. The van der Waals surface area contributed by atoms with E-state index in [2.05, 4.69) is 5.32 Å². The summed E-state index contributed by atoms with van der Waals surface area (Å²) in [4.78, 5) is 28.9. The Balaban J connectivity index is 1.15. The SMILES string of the molecule is O=C(NCc1ccc2c(c1)OCO2)c1ccc(/C=C2\SC3CCCCC3N(Cc3ccccc3F)C2=O)cc1. The zero-order chi connectivity index (χ0) is 26.8. The first kappa shape index (κ1) is 25.5. The molecule has 200 valence electrons. The van der Waals surface area contributed by atoms with Crippen molar-refractivity contribution in [3.63, 3.8) is 0 Å². The van der Waals surface area contributed by atoms with Gasteiger partial charge in [-0.05, 0) is 60.4 Å². The van der Waals surface area contributed by atoms with Crippen molar-refractivity contribution in [2.45, 2.75) is 50.1 Å². The lowest BCUT2D eigenvalue weighted by Crippen LogP contribution is -2.50. The number of benzene rings is 3. The summed E-state index contributed by atoms with van der Waals surface area (Å²) in [5.41, 5.74) is 2.84. The molecular formula is C31H29FN2O4S. The van der Waals surface area contributed by atoms with Gasteiger partial charge in [0.25, 0.3) is 11.8 Å². The van der Waals surface area contributed by atoms with Gasteiger partial charge in [-0.25, -0.2) is 4.39 Å². The van der Waals surface area contributed by atoms with Crippen LogP contribution in [0.5, 0.6) is 11.5 Å². The van der Waals surface area contributed by atoms with E-state index >= 15 is 0 Å². The molecule has 3 aromatic rings. The molecule has 3 aromatic carbocycles. The Morgan fingerprint density at radius 1 is 1.03 bits per heavy atom. The highest BCUT2D eigenvalue weighted by atomic mass is 32.2. The van der Waals surface area contributed by atoms with Crippen LogP contribution in [-0.4, -0.2) is 34.8 Å². The molecule has 0 aromatic heterocycles. The van der Waals surface area contributed by atoms with E-state index in [4.69, 9.17) is 9.47 Å². The molecule has 1 aliphatic carbocycles. The second kappa shape index (κ2) is 11.1. The van der Waals surface area contributed by atoms with Gasteiger partial charge in [0.15, 0.2) is 11.5 Å². The molecule has 1 N–H and O–H groups in total. The third kappa shape index (κ3) is 5.52. The maximum absolute atomic E-state index is 14.4. The van der Waals surface area contributed by atoms with Gasteiger partial charge in [0, 0.05) is 35.5 Å². The van der Waals surface area contributed by atoms with E-state index in [1.54, 1.807) is 36.0 Å². The molecule has 2 aliphatic heterocycles. The van der Waals surface area contributed by atoms with E-state index in [1.807, 2.05) is 47.4 Å². The molecule has 2 unspecified atom stereocenters. The van der Waals surface area contributed by atoms with Crippen molar-refractivity contribution in [1.82, 2.24) is 10.2 Å². The van der Waals surface area contributed by atoms with Crippen LogP contribution < -0.4 is 14.8 Å². The number of carbonyl (C=O) groups excluding carboxylic acids is 2. The van der Waals surface area contributed by atoms with Crippen LogP contribution in [0.1, 0.15) is 52.7 Å². The number of hydrogen-bond donors (Lipinski definition) is 1. The number of fused-ring (bicyclic) bond motifs is 2. The minimum Gasteiger partial charge on any atom is -0.454 e. The fourth-order valence-electron chi connectivity index (χ4n) is 5.39. The quantitative estimate of drug-likeness (QED) is 0.391. The maximum atomic E-state index is 14.4. The summed E-state index contributed by atoms with van der Waals surface area (Å²) >= 11 is 1.64. The molecule has 2 fully saturated rings. The summed E-state index contributed by atoms with van der Waals surface area (Å²) in [6.07, 6.45) is 6.09. The van der Waals surface area contributed by atoms with Crippen molar-refractivity contribution in [1.29, 1.82) is 0 Å². The fraction of sp³-hybridized carbons (Fsp3) is 0.290. The van der Waals surface area contributed by atoms with Crippen LogP contribution in [0, 0.1) is 5.82 Å². The van der Waals surface area contributed by atoms with Crippen molar-refractivity contribution in [3.05, 3.63) is 99.7 Å². The van der Waals surface area contributed by atoms with Crippen molar-refractivity contribution in [3.8, 4) is 11.5 Å². The van der Waals surface area contributed by atoms with Gasteiger partial charge in [-0.15, -0.1) is 11.8 Å². The average molecular weight is 545 g/mol. The van der Waals surface area contributed by atoms with Crippen LogP contribution in [0.2, 0.25) is 0 Å². The van der Waals surface area contributed by atoms with Gasteiger partial charge in [0.1, 0.15) is 5.82 Å². The van der Waals surface area contributed by atoms with Gasteiger partial charge in [-0.2, -0.15) is 0 Å².